The number of Topliss-reactive ketones (excluding diaryl/α,β-unsaturated/α-hetero) is 2. The summed E-state index contributed by atoms with van der Waals surface area (Å²) in [6.07, 6.45) is -37.1. The number of hydrogen-bond donors (Lipinski definition) is 23. The number of carbonyl (C=O) groups excluding carboxylic acids is 3. The lowest BCUT2D eigenvalue weighted by Gasteiger charge is -2.46. The third kappa shape index (κ3) is 27.1. The van der Waals surface area contributed by atoms with Crippen molar-refractivity contribution in [1.29, 1.82) is 0 Å². The van der Waals surface area contributed by atoms with E-state index in [0.29, 0.717) is 0 Å². The molecular weight excluding hydrogens is 1450 g/mol. The summed E-state index contributed by atoms with van der Waals surface area (Å²) in [6, 6.07) is -8.37. The van der Waals surface area contributed by atoms with Gasteiger partial charge in [-0.2, -0.15) is 0 Å². The number of nitrogens with one attached hydrogen (secondary N) is 1. The molecule has 52 heteroatoms. The Balaban J connectivity index is 0.000000392. The minimum Gasteiger partial charge on any atom is -0.479 e. The van der Waals surface area contributed by atoms with Crippen molar-refractivity contribution in [3.05, 3.63) is 62.7 Å². The number of ether oxygens (including phenoxy) is 7. The maximum Gasteiger partial charge on any atom is 0.407 e. The molecule has 3 aliphatic heterocycles. The number of azide groups is 6. The SMILES string of the molecule is CC(C)(C)OC(=O)N[C@@H]1CC(N=[N+]=[N-])[C@@H](O[C@H]2OC(CO)[C@@H](O)[C@H](O)C2N=[N+]=[N-])[C@H](O)C1O.NCC[C@H](O)C(=O)C[C@@H]1CC(N)[C@@H](O[C@H]2OC(CO)[C@@H](O)[C@H](O)C2N)[C@H](O)C1O.[N-]=[N+]=NCC[C@H](O)C(=O)C[C@@H]1CC(N=[N+]=[N-])[C@@H](O[C@H]2OC(CO)[C@@H](O)[C@H](O)C2N=[N+]=[N-])[C@H](O)C1O.[N-]=[N+]=NCC[C@H](O)C(=O)O. The van der Waals surface area contributed by atoms with Crippen LogP contribution in [-0.2, 0) is 47.5 Å². The molecule has 3 aliphatic carbocycles. The van der Waals surface area contributed by atoms with Crippen LogP contribution in [-0.4, -0.2) is 355 Å². The number of ketones is 2. The molecule has 606 valence electrons. The Morgan fingerprint density at radius 2 is 0.879 bits per heavy atom. The predicted molar refractivity (Wildman–Crippen MR) is 351 cm³/mol. The molecule has 0 aromatic rings. The third-order valence-corrected chi connectivity index (χ3v) is 17.7. The van der Waals surface area contributed by atoms with Gasteiger partial charge in [0.25, 0.3) is 0 Å². The maximum absolute atomic E-state index is 12.3. The fraction of sp³-hybridized carbons (Fsp3) is 0.927. The van der Waals surface area contributed by atoms with E-state index in [1.807, 2.05) is 0 Å². The van der Waals surface area contributed by atoms with Crippen LogP contribution < -0.4 is 22.5 Å². The molecule has 107 heavy (non-hydrogen) atoms. The second kappa shape index (κ2) is 45.7. The van der Waals surface area contributed by atoms with Gasteiger partial charge in [-0.05, 0) is 111 Å². The molecule has 3 saturated carbocycles. The van der Waals surface area contributed by atoms with Crippen molar-refractivity contribution in [2.24, 2.45) is 59.7 Å². The van der Waals surface area contributed by atoms with Crippen molar-refractivity contribution in [2.75, 3.05) is 39.5 Å². The molecule has 6 rings (SSSR count). The minimum absolute atomic E-state index is 0.00394. The van der Waals surface area contributed by atoms with Crippen LogP contribution in [0.25, 0.3) is 62.7 Å². The second-order valence-corrected chi connectivity index (χ2v) is 26.3. The number of carbonyl (C=O) groups is 4. The first-order chi connectivity index (χ1) is 50.4. The fourth-order valence-corrected chi connectivity index (χ4v) is 12.0. The van der Waals surface area contributed by atoms with Gasteiger partial charge in [-0.1, -0.05) is 30.7 Å². The first-order valence-electron chi connectivity index (χ1n) is 33.1. The number of alkyl carbamates (subject to hydrolysis) is 1. The molecular formula is C55H96N22O30. The highest BCUT2D eigenvalue weighted by Crippen LogP contribution is 2.38. The average molecular weight is 1550 g/mol. The maximum atomic E-state index is 12.3. The summed E-state index contributed by atoms with van der Waals surface area (Å²) in [5, 5.41) is 211. The van der Waals surface area contributed by atoms with Crippen LogP contribution in [0.15, 0.2) is 30.7 Å². The van der Waals surface area contributed by atoms with E-state index in [4.69, 9.17) is 93.8 Å². The number of carboxylic acids is 1. The molecule has 1 amide bonds. The van der Waals surface area contributed by atoms with Gasteiger partial charge in [0.05, 0.1) is 80.6 Å². The first-order valence-corrected chi connectivity index (χ1v) is 33.1. The van der Waals surface area contributed by atoms with Gasteiger partial charge in [0.2, 0.25) is 0 Å². The summed E-state index contributed by atoms with van der Waals surface area (Å²) in [5.41, 5.74) is 67.9. The molecule has 0 spiro atoms. The monoisotopic (exact) mass is 1540 g/mol. The molecule has 3 heterocycles. The molecule has 0 aromatic carbocycles. The molecule has 52 nitrogen and oxygen atoms in total. The number of nitrogens with zero attached hydrogens (tertiary/aromatic N) is 18. The molecule has 12 unspecified atom stereocenters. The van der Waals surface area contributed by atoms with Crippen LogP contribution in [0.5, 0.6) is 0 Å². The quantitative estimate of drug-likeness (QED) is 0.0188. The highest BCUT2D eigenvalue weighted by Gasteiger charge is 2.54. The summed E-state index contributed by atoms with van der Waals surface area (Å²) >= 11 is 0. The van der Waals surface area contributed by atoms with E-state index in [2.05, 4.69) is 65.5 Å². The van der Waals surface area contributed by atoms with Gasteiger partial charge in [-0.3, -0.25) is 9.59 Å². The number of hydrogen-bond acceptors (Lipinski definition) is 38. The lowest BCUT2D eigenvalue weighted by atomic mass is 9.76. The Labute approximate surface area is 605 Å². The van der Waals surface area contributed by atoms with E-state index in [-0.39, 0.29) is 64.6 Å². The van der Waals surface area contributed by atoms with E-state index in [1.165, 1.54) is 0 Å². The number of carboxylic acid groups (broad SMARTS) is 1. The summed E-state index contributed by atoms with van der Waals surface area (Å²) in [4.78, 5) is 61.8. The number of aliphatic carboxylic acids is 1. The van der Waals surface area contributed by atoms with Gasteiger partial charge >= 0.3 is 12.1 Å². The largest absolute Gasteiger partial charge is 0.479 e. The molecule has 0 radical (unpaired) electrons. The van der Waals surface area contributed by atoms with Crippen LogP contribution in [0.3, 0.4) is 0 Å². The molecule has 0 bridgehead atoms. The van der Waals surface area contributed by atoms with Gasteiger partial charge in [0.1, 0.15) is 103 Å². The summed E-state index contributed by atoms with van der Waals surface area (Å²) in [6.45, 7) is 2.89. The third-order valence-electron chi connectivity index (χ3n) is 17.7. The van der Waals surface area contributed by atoms with Crippen LogP contribution in [0.2, 0.25) is 0 Å². The summed E-state index contributed by atoms with van der Waals surface area (Å²) in [5.74, 6) is -4.12. The van der Waals surface area contributed by atoms with E-state index in [1.54, 1.807) is 20.8 Å². The zero-order chi connectivity index (χ0) is 80.9. The second-order valence-electron chi connectivity index (χ2n) is 26.3. The molecule has 3 saturated heterocycles. The topological polar surface area (TPSA) is 900 Å². The van der Waals surface area contributed by atoms with Gasteiger partial charge in [0, 0.05) is 61.4 Å². The Morgan fingerprint density at radius 3 is 1.29 bits per heavy atom. The van der Waals surface area contributed by atoms with E-state index >= 15 is 0 Å². The van der Waals surface area contributed by atoms with Crippen molar-refractivity contribution in [3.8, 4) is 0 Å². The molecule has 6 fully saturated rings. The van der Waals surface area contributed by atoms with Crippen molar-refractivity contribution >= 4 is 23.6 Å². The summed E-state index contributed by atoms with van der Waals surface area (Å²) < 4.78 is 38.1. The van der Waals surface area contributed by atoms with Crippen molar-refractivity contribution in [3.63, 3.8) is 0 Å². The molecule has 26 N–H and O–H groups in total. The normalized spacial score (nSPS) is 37.5. The van der Waals surface area contributed by atoms with Gasteiger partial charge < -0.3 is 153 Å². The lowest BCUT2D eigenvalue weighted by Crippen LogP contribution is -2.66. The van der Waals surface area contributed by atoms with Gasteiger partial charge in [-0.25, -0.2) is 9.59 Å². The van der Waals surface area contributed by atoms with E-state index < -0.39 is 257 Å². The Kier molecular flexibility index (Phi) is 40.2. The van der Waals surface area contributed by atoms with Crippen LogP contribution >= 0.6 is 0 Å². The zero-order valence-corrected chi connectivity index (χ0v) is 57.7. The fourth-order valence-electron chi connectivity index (χ4n) is 12.0. The highest BCUT2D eigenvalue weighted by atomic mass is 16.7. The van der Waals surface area contributed by atoms with Gasteiger partial charge in [0.15, 0.2) is 36.5 Å². The van der Waals surface area contributed by atoms with E-state index in [0.717, 1.165) is 0 Å². The number of amides is 1. The number of aliphatic hydroxyl groups excluding tert-OH is 18. The smallest absolute Gasteiger partial charge is 0.407 e. The summed E-state index contributed by atoms with van der Waals surface area (Å²) in [7, 11) is 0. The van der Waals surface area contributed by atoms with E-state index in [9.17, 15) is 106 Å². The zero-order valence-electron chi connectivity index (χ0n) is 57.7. The Morgan fingerprint density at radius 1 is 0.495 bits per heavy atom. The van der Waals surface area contributed by atoms with Crippen LogP contribution in [0, 0.1) is 11.8 Å². The molecule has 0 aromatic heterocycles. The van der Waals surface area contributed by atoms with Crippen LogP contribution in [0.1, 0.15) is 72.1 Å². The lowest BCUT2D eigenvalue weighted by molar-refractivity contribution is -0.295. The van der Waals surface area contributed by atoms with Gasteiger partial charge in [-0.15, -0.1) is 0 Å². The van der Waals surface area contributed by atoms with Crippen molar-refractivity contribution < 1.29 is 149 Å². The molecule has 33 atom stereocenters. The first kappa shape index (κ1) is 94.1. The molecule has 6 aliphatic rings. The number of rotatable bonds is 29. The standard InChI is InChI=1S/C17H27N9O9.C17H29N7O9.C17H33N3O9.C4H7N3O3/c18-24-21-2-1-8(28)9(29)4-6-3-7(22-25-19)16(15(33)12(6)30)35-17-11(23-26-20)14(32)13(31)10(5-27)34-17;1-17(2,3)33-16(30)20-6-4-7(21-23-18)14(13(29)10(6)26)32-15-9(22-24-19)12(28)11(27)8(5-25)31-15;18-2-1-8(22)9(23)4-6-3-7(19)16(15(27)12(6)24)29-17-11(20)14(26)13(25)10(5-21)28-17;5-7-6-2-1-3(8)4(9)10/h6-8,10-17,27-28,30-33H,1-5H2;6-15,25-29H,4-5H2,1-3H3,(H,20,30);6-8,10-17,21-22,24-27H,1-5,18-20H2;3,8H,1-2H2,(H,9,10)/t6-,7?,8-,10?,11?,12?,13+,14+,15+,16+,17+;6-,7?,8?,9?,10?,11-,12-,13-,14-,15-;6-,7?,8-,10?,11?,12?,13+,14+,15+,16+,17+;3-/m0100/s1. The van der Waals surface area contributed by atoms with Crippen molar-refractivity contribution in [1.82, 2.24) is 5.32 Å². The minimum atomic E-state index is -1.75. The Hall–Kier alpha value is -7.14. The van der Waals surface area contributed by atoms with Crippen LogP contribution in [0.4, 0.5) is 4.79 Å². The Bertz CT molecular complexity index is 3110. The van der Waals surface area contributed by atoms with Crippen molar-refractivity contribution in [2.45, 2.75) is 267 Å². The highest BCUT2D eigenvalue weighted by molar-refractivity contribution is 5.83. The number of aliphatic hydroxyl groups is 18. The average Bonchev–Trinajstić information content (AvgIpc) is 0.791. The predicted octanol–water partition coefficient (Wildman–Crippen LogP) is -6.87. The number of nitrogens with two attached hydrogens (primary N) is 3.